The first-order valence-corrected chi connectivity index (χ1v) is 8.26. The second-order valence-electron chi connectivity index (χ2n) is 5.40. The van der Waals surface area contributed by atoms with Crippen molar-refractivity contribution >= 4 is 17.7 Å². The third kappa shape index (κ3) is 3.59. The van der Waals surface area contributed by atoms with Gasteiger partial charge in [0, 0.05) is 24.8 Å². The third-order valence-corrected chi connectivity index (χ3v) is 4.95. The van der Waals surface area contributed by atoms with Crippen LogP contribution < -0.4 is 0 Å². The summed E-state index contributed by atoms with van der Waals surface area (Å²) in [5, 5.41) is 19.1. The molecule has 1 fully saturated rings. The summed E-state index contributed by atoms with van der Waals surface area (Å²) in [7, 11) is 0. The van der Waals surface area contributed by atoms with Crippen LogP contribution in [0.1, 0.15) is 22.9 Å². The van der Waals surface area contributed by atoms with E-state index in [9.17, 15) is 19.4 Å². The van der Waals surface area contributed by atoms with Gasteiger partial charge in [0.15, 0.2) is 0 Å². The number of benzene rings is 2. The van der Waals surface area contributed by atoms with Crippen LogP contribution >= 0.6 is 11.8 Å². The van der Waals surface area contributed by atoms with Gasteiger partial charge in [0.25, 0.3) is 0 Å². The highest BCUT2D eigenvalue weighted by Gasteiger charge is 2.30. The van der Waals surface area contributed by atoms with Crippen LogP contribution in [0.4, 0.5) is 4.39 Å². The van der Waals surface area contributed by atoms with Crippen molar-refractivity contribution < 1.29 is 19.4 Å². The van der Waals surface area contributed by atoms with Crippen LogP contribution in [0.25, 0.3) is 0 Å². The average molecular weight is 333 g/mol. The highest BCUT2D eigenvalue weighted by Crippen LogP contribution is 2.40. The third-order valence-electron chi connectivity index (χ3n) is 3.67. The molecule has 0 aromatic heterocycles. The molecule has 1 saturated heterocycles. The predicted molar refractivity (Wildman–Crippen MR) is 86.5 cm³/mol. The van der Waals surface area contributed by atoms with Gasteiger partial charge in [-0.15, -0.1) is 11.8 Å². The fourth-order valence-corrected chi connectivity index (χ4v) is 3.83. The molecule has 23 heavy (non-hydrogen) atoms. The van der Waals surface area contributed by atoms with Crippen molar-refractivity contribution in [1.82, 2.24) is 4.90 Å². The number of nitrogens with zero attached hydrogens (tertiary/aromatic N) is 1. The molecule has 0 spiro atoms. The van der Waals surface area contributed by atoms with E-state index in [0.29, 0.717) is 24.3 Å². The van der Waals surface area contributed by atoms with Crippen molar-refractivity contribution in [3.63, 3.8) is 0 Å². The molecule has 2 aromatic rings. The second-order valence-corrected chi connectivity index (χ2v) is 6.59. The van der Waals surface area contributed by atoms with Gasteiger partial charge in [-0.25, -0.2) is 4.39 Å². The lowest BCUT2D eigenvalue weighted by atomic mass is 10.1. The topological polar surface area (TPSA) is 60.8 Å². The highest BCUT2D eigenvalue weighted by atomic mass is 32.2. The van der Waals surface area contributed by atoms with Crippen LogP contribution in [-0.2, 0) is 11.3 Å². The molecule has 6 heteroatoms. The zero-order valence-electron chi connectivity index (χ0n) is 12.3. The number of thioether (sulfide) groups is 1. The first kappa shape index (κ1) is 15.7. The van der Waals surface area contributed by atoms with Crippen LogP contribution in [0.2, 0.25) is 0 Å². The summed E-state index contributed by atoms with van der Waals surface area (Å²) in [6, 6.07) is 10.4. The van der Waals surface area contributed by atoms with Gasteiger partial charge < -0.3 is 15.1 Å². The lowest BCUT2D eigenvalue weighted by Gasteiger charge is -2.35. The van der Waals surface area contributed by atoms with Gasteiger partial charge in [0.05, 0.1) is 0 Å². The summed E-state index contributed by atoms with van der Waals surface area (Å²) in [5.74, 6) is 0.281. The molecular formula is C17H16FNO3S. The summed E-state index contributed by atoms with van der Waals surface area (Å²) in [5.41, 5.74) is 1.50. The lowest BCUT2D eigenvalue weighted by Crippen LogP contribution is -2.36. The minimum absolute atomic E-state index is 0.000840. The molecule has 1 atom stereocenters. The van der Waals surface area contributed by atoms with Crippen molar-refractivity contribution in [2.24, 2.45) is 0 Å². The van der Waals surface area contributed by atoms with Gasteiger partial charge in [-0.1, -0.05) is 12.1 Å². The number of halogens is 1. The number of phenols is 2. The van der Waals surface area contributed by atoms with Crippen LogP contribution in [-0.4, -0.2) is 26.8 Å². The maximum Gasteiger partial charge on any atom is 0.224 e. The molecule has 2 N–H and O–H groups in total. The van der Waals surface area contributed by atoms with Crippen molar-refractivity contribution in [3.8, 4) is 11.5 Å². The second kappa shape index (κ2) is 6.50. The molecule has 1 heterocycles. The molecule has 0 saturated carbocycles. The fourth-order valence-electron chi connectivity index (χ4n) is 2.62. The first-order chi connectivity index (χ1) is 11.0. The molecule has 1 unspecified atom stereocenters. The normalized spacial score (nSPS) is 18.2. The Morgan fingerprint density at radius 3 is 2.43 bits per heavy atom. The minimum Gasteiger partial charge on any atom is -0.508 e. The quantitative estimate of drug-likeness (QED) is 0.904. The molecule has 0 aliphatic carbocycles. The Hall–Kier alpha value is -2.21. The summed E-state index contributed by atoms with van der Waals surface area (Å²) in [6.45, 7) is 0.354. The fraction of sp³-hybridized carbons (Fsp3) is 0.235. The van der Waals surface area contributed by atoms with Gasteiger partial charge in [-0.2, -0.15) is 0 Å². The van der Waals surface area contributed by atoms with E-state index in [0.717, 1.165) is 5.56 Å². The number of hydrogen-bond donors (Lipinski definition) is 2. The maximum absolute atomic E-state index is 13.0. The molecule has 1 amide bonds. The minimum atomic E-state index is -0.317. The molecule has 0 bridgehead atoms. The summed E-state index contributed by atoms with van der Waals surface area (Å²) in [6.07, 6.45) is 0.438. The van der Waals surface area contributed by atoms with E-state index in [1.54, 1.807) is 40.9 Å². The Morgan fingerprint density at radius 2 is 1.78 bits per heavy atom. The zero-order valence-corrected chi connectivity index (χ0v) is 13.1. The SMILES string of the molecule is O=C1CCSC(c2cc(O)cc(O)c2)N1Cc1ccc(F)cc1. The number of carbonyl (C=O) groups excluding carboxylic acids is 1. The lowest BCUT2D eigenvalue weighted by molar-refractivity contribution is -0.132. The Kier molecular flexibility index (Phi) is 4.43. The van der Waals surface area contributed by atoms with Crippen molar-refractivity contribution in [2.75, 3.05) is 5.75 Å². The number of carbonyl (C=O) groups is 1. The smallest absolute Gasteiger partial charge is 0.224 e. The van der Waals surface area contributed by atoms with E-state index < -0.39 is 0 Å². The van der Waals surface area contributed by atoms with Gasteiger partial charge >= 0.3 is 0 Å². The monoisotopic (exact) mass is 333 g/mol. The number of phenolic OH excluding ortho intramolecular Hbond substituents is 2. The van der Waals surface area contributed by atoms with E-state index in [1.165, 1.54) is 18.2 Å². The van der Waals surface area contributed by atoms with Gasteiger partial charge in [-0.3, -0.25) is 4.79 Å². The van der Waals surface area contributed by atoms with E-state index in [2.05, 4.69) is 0 Å². The molecular weight excluding hydrogens is 317 g/mol. The summed E-state index contributed by atoms with van der Waals surface area (Å²) in [4.78, 5) is 14.0. The number of amides is 1. The number of aromatic hydroxyl groups is 2. The zero-order chi connectivity index (χ0) is 16.4. The molecule has 3 rings (SSSR count). The van der Waals surface area contributed by atoms with Crippen LogP contribution in [0.3, 0.4) is 0 Å². The van der Waals surface area contributed by atoms with E-state index in [1.807, 2.05) is 0 Å². The molecule has 1 aliphatic heterocycles. The molecule has 2 aromatic carbocycles. The van der Waals surface area contributed by atoms with E-state index in [-0.39, 0.29) is 28.6 Å². The van der Waals surface area contributed by atoms with Gasteiger partial charge in [0.2, 0.25) is 5.91 Å². The van der Waals surface area contributed by atoms with Gasteiger partial charge in [-0.05, 0) is 35.4 Å². The molecule has 0 radical (unpaired) electrons. The Labute approximate surface area is 137 Å². The molecule has 1 aliphatic rings. The largest absolute Gasteiger partial charge is 0.508 e. The van der Waals surface area contributed by atoms with E-state index >= 15 is 0 Å². The Bertz CT molecular complexity index is 700. The highest BCUT2D eigenvalue weighted by molar-refractivity contribution is 7.99. The number of hydrogen-bond acceptors (Lipinski definition) is 4. The predicted octanol–water partition coefficient (Wildman–Crippen LogP) is 3.40. The van der Waals surface area contributed by atoms with E-state index in [4.69, 9.17) is 0 Å². The average Bonchev–Trinajstić information content (AvgIpc) is 2.50. The standard InChI is InChI=1S/C17H16FNO3S/c18-13-3-1-11(2-4-13)10-19-16(22)5-6-23-17(19)12-7-14(20)9-15(21)8-12/h1-4,7-9,17,20-21H,5-6,10H2. The molecule has 4 nitrogen and oxygen atoms in total. The number of rotatable bonds is 3. The van der Waals surface area contributed by atoms with Crippen LogP contribution in [0.5, 0.6) is 11.5 Å². The summed E-state index contributed by atoms with van der Waals surface area (Å²) < 4.78 is 13.0. The maximum atomic E-state index is 13.0. The first-order valence-electron chi connectivity index (χ1n) is 7.21. The van der Waals surface area contributed by atoms with Crippen molar-refractivity contribution in [3.05, 3.63) is 59.4 Å². The Morgan fingerprint density at radius 1 is 1.13 bits per heavy atom. The molecule has 120 valence electrons. The van der Waals surface area contributed by atoms with Crippen molar-refractivity contribution in [1.29, 1.82) is 0 Å². The summed E-state index contributed by atoms with van der Waals surface area (Å²) >= 11 is 1.58. The van der Waals surface area contributed by atoms with Crippen LogP contribution in [0, 0.1) is 5.82 Å². The van der Waals surface area contributed by atoms with Crippen molar-refractivity contribution in [2.45, 2.75) is 18.3 Å². The van der Waals surface area contributed by atoms with Crippen LogP contribution in [0.15, 0.2) is 42.5 Å². The Balaban J connectivity index is 1.90. The van der Waals surface area contributed by atoms with Gasteiger partial charge in [0.1, 0.15) is 22.7 Å².